The van der Waals surface area contributed by atoms with Crippen molar-refractivity contribution >= 4 is 21.8 Å². The van der Waals surface area contributed by atoms with Crippen LogP contribution in [0.3, 0.4) is 0 Å². The Labute approximate surface area is 186 Å². The summed E-state index contributed by atoms with van der Waals surface area (Å²) in [6.07, 6.45) is 1.88. The van der Waals surface area contributed by atoms with E-state index < -0.39 is 27.9 Å². The molecule has 1 unspecified atom stereocenters. The number of carbonyl (C=O) groups is 2. The number of para-hydroxylation sites is 2. The van der Waals surface area contributed by atoms with Crippen molar-refractivity contribution in [2.24, 2.45) is 0 Å². The number of carbonyl (C=O) groups excluding carboxylic acids is 2. The normalized spacial score (nSPS) is 18.6. The third-order valence-corrected chi connectivity index (χ3v) is 7.28. The number of rotatable bonds is 5. The van der Waals surface area contributed by atoms with Gasteiger partial charge in [0.1, 0.15) is 6.61 Å². The average molecular weight is 460 g/mol. The minimum absolute atomic E-state index is 0.0187. The van der Waals surface area contributed by atoms with Crippen LogP contribution in [0.25, 0.3) is 0 Å². The van der Waals surface area contributed by atoms with Crippen molar-refractivity contribution in [3.8, 4) is 11.5 Å². The molecule has 2 aliphatic rings. The number of fused-ring (bicyclic) bond motifs is 1. The van der Waals surface area contributed by atoms with Gasteiger partial charge < -0.3 is 9.47 Å². The molecule has 9 nitrogen and oxygen atoms in total. The Hall–Kier alpha value is -3.11. The zero-order chi connectivity index (χ0) is 22.6. The molecular formula is C22H25N3O6S. The predicted octanol–water partition coefficient (Wildman–Crippen LogP) is 1.39. The van der Waals surface area contributed by atoms with Gasteiger partial charge in [0.05, 0.1) is 11.3 Å². The Bertz CT molecular complexity index is 1080. The second-order valence-corrected chi connectivity index (χ2v) is 9.63. The third kappa shape index (κ3) is 5.03. The van der Waals surface area contributed by atoms with E-state index in [4.69, 9.17) is 9.47 Å². The van der Waals surface area contributed by atoms with Crippen LogP contribution >= 0.6 is 0 Å². The number of hydrogen-bond donors (Lipinski definition) is 2. The molecular weight excluding hydrogens is 434 g/mol. The molecule has 0 aromatic heterocycles. The maximum absolute atomic E-state index is 12.7. The third-order valence-electron chi connectivity index (χ3n) is 5.37. The summed E-state index contributed by atoms with van der Waals surface area (Å²) >= 11 is 0. The van der Waals surface area contributed by atoms with Gasteiger partial charge in [0, 0.05) is 13.1 Å². The molecule has 2 amide bonds. The minimum Gasteiger partial charge on any atom is -0.485 e. The first-order valence-electron chi connectivity index (χ1n) is 10.5. The Kier molecular flexibility index (Phi) is 6.61. The molecule has 0 spiro atoms. The second kappa shape index (κ2) is 9.58. The molecule has 1 saturated heterocycles. The van der Waals surface area contributed by atoms with Crippen LogP contribution in [0, 0.1) is 0 Å². The average Bonchev–Trinajstić information content (AvgIpc) is 2.83. The molecule has 2 N–H and O–H groups in total. The van der Waals surface area contributed by atoms with Gasteiger partial charge in [-0.05, 0) is 42.7 Å². The predicted molar refractivity (Wildman–Crippen MR) is 115 cm³/mol. The summed E-state index contributed by atoms with van der Waals surface area (Å²) in [6, 6.07) is 13.2. The van der Waals surface area contributed by atoms with Gasteiger partial charge in [-0.3, -0.25) is 20.4 Å². The lowest BCUT2D eigenvalue weighted by Crippen LogP contribution is -2.51. The molecule has 2 aromatic rings. The maximum atomic E-state index is 12.7. The van der Waals surface area contributed by atoms with E-state index in [9.17, 15) is 18.0 Å². The highest BCUT2D eigenvalue weighted by Gasteiger charge is 2.28. The van der Waals surface area contributed by atoms with Crippen LogP contribution in [0.1, 0.15) is 24.8 Å². The van der Waals surface area contributed by atoms with Crippen LogP contribution in [-0.4, -0.2) is 50.3 Å². The van der Waals surface area contributed by atoms with E-state index >= 15 is 0 Å². The van der Waals surface area contributed by atoms with Gasteiger partial charge >= 0.3 is 0 Å². The smallest absolute Gasteiger partial charge is 0.283 e. The molecule has 2 heterocycles. The highest BCUT2D eigenvalue weighted by molar-refractivity contribution is 7.89. The zero-order valence-electron chi connectivity index (χ0n) is 17.5. The van der Waals surface area contributed by atoms with E-state index in [2.05, 4.69) is 10.9 Å². The van der Waals surface area contributed by atoms with E-state index in [0.717, 1.165) is 19.3 Å². The summed E-state index contributed by atoms with van der Waals surface area (Å²) in [5.41, 5.74) is 5.31. The quantitative estimate of drug-likeness (QED) is 0.654. The Morgan fingerprint density at radius 2 is 1.62 bits per heavy atom. The van der Waals surface area contributed by atoms with Crippen molar-refractivity contribution in [3.05, 3.63) is 54.1 Å². The summed E-state index contributed by atoms with van der Waals surface area (Å²) < 4.78 is 38.0. The van der Waals surface area contributed by atoms with Crippen molar-refractivity contribution in [3.63, 3.8) is 0 Å². The minimum atomic E-state index is -3.51. The number of hydrazine groups is 1. The van der Waals surface area contributed by atoms with Crippen molar-refractivity contribution in [1.82, 2.24) is 15.2 Å². The first-order valence-corrected chi connectivity index (χ1v) is 11.9. The molecule has 170 valence electrons. The van der Waals surface area contributed by atoms with Crippen molar-refractivity contribution in [2.75, 3.05) is 19.7 Å². The molecule has 0 saturated carbocycles. The first-order chi connectivity index (χ1) is 15.4. The van der Waals surface area contributed by atoms with Crippen molar-refractivity contribution < 1.29 is 27.5 Å². The van der Waals surface area contributed by atoms with E-state index in [1.807, 2.05) is 0 Å². The van der Waals surface area contributed by atoms with Gasteiger partial charge in [-0.1, -0.05) is 30.7 Å². The van der Waals surface area contributed by atoms with Crippen LogP contribution in [0.4, 0.5) is 0 Å². The maximum Gasteiger partial charge on any atom is 0.283 e. The van der Waals surface area contributed by atoms with E-state index in [0.29, 0.717) is 30.2 Å². The van der Waals surface area contributed by atoms with E-state index in [-0.39, 0.29) is 17.9 Å². The summed E-state index contributed by atoms with van der Waals surface area (Å²) in [5.74, 6) is 0.0501. The molecule has 1 fully saturated rings. The number of benzene rings is 2. The van der Waals surface area contributed by atoms with Gasteiger partial charge in [0.25, 0.3) is 5.91 Å². The largest absolute Gasteiger partial charge is 0.485 e. The number of amides is 2. The van der Waals surface area contributed by atoms with Gasteiger partial charge in [-0.25, -0.2) is 8.42 Å². The zero-order valence-corrected chi connectivity index (χ0v) is 18.3. The second-order valence-electron chi connectivity index (χ2n) is 7.69. The fraction of sp³-hybridized carbons (Fsp3) is 0.364. The molecule has 2 aliphatic heterocycles. The standard InChI is InChI=1S/C22H25N3O6S/c26-21(23-24-22(27)20-15-30-18-6-2-3-7-19(18)31-20)14-16-8-10-17(11-9-16)32(28,29)25-12-4-1-5-13-25/h2-3,6-11,20H,1,4-5,12-15H2,(H,23,26)(H,24,27). The number of ether oxygens (including phenoxy) is 2. The monoisotopic (exact) mass is 459 g/mol. The molecule has 32 heavy (non-hydrogen) atoms. The number of piperidine rings is 1. The highest BCUT2D eigenvalue weighted by Crippen LogP contribution is 2.30. The molecule has 0 bridgehead atoms. The fourth-order valence-electron chi connectivity index (χ4n) is 3.62. The molecule has 10 heteroatoms. The lowest BCUT2D eigenvalue weighted by Gasteiger charge is -2.26. The fourth-order valence-corrected chi connectivity index (χ4v) is 5.14. The lowest BCUT2D eigenvalue weighted by atomic mass is 10.1. The highest BCUT2D eigenvalue weighted by atomic mass is 32.2. The Balaban J connectivity index is 1.27. The van der Waals surface area contributed by atoms with E-state index in [1.54, 1.807) is 36.4 Å². The summed E-state index contributed by atoms with van der Waals surface area (Å²) in [4.78, 5) is 24.7. The molecule has 1 atom stereocenters. The Morgan fingerprint density at radius 3 is 2.34 bits per heavy atom. The number of sulfonamides is 1. The SMILES string of the molecule is O=C(Cc1ccc(S(=O)(=O)N2CCCCC2)cc1)NNC(=O)C1COc2ccccc2O1. The summed E-state index contributed by atoms with van der Waals surface area (Å²) in [7, 11) is -3.51. The first kappa shape index (κ1) is 22.1. The van der Waals surface area contributed by atoms with Crippen LogP contribution in [0.15, 0.2) is 53.4 Å². The topological polar surface area (TPSA) is 114 Å². The van der Waals surface area contributed by atoms with Gasteiger partial charge in [-0.15, -0.1) is 0 Å². The van der Waals surface area contributed by atoms with Crippen LogP contribution in [0.2, 0.25) is 0 Å². The van der Waals surface area contributed by atoms with Crippen molar-refractivity contribution in [1.29, 1.82) is 0 Å². The number of nitrogens with one attached hydrogen (secondary N) is 2. The molecule has 4 rings (SSSR count). The number of nitrogens with zero attached hydrogens (tertiary/aromatic N) is 1. The van der Waals surface area contributed by atoms with Crippen LogP contribution in [-0.2, 0) is 26.0 Å². The molecule has 0 radical (unpaired) electrons. The molecule has 2 aromatic carbocycles. The van der Waals surface area contributed by atoms with Crippen LogP contribution < -0.4 is 20.3 Å². The molecule has 0 aliphatic carbocycles. The Morgan fingerprint density at radius 1 is 0.938 bits per heavy atom. The van der Waals surface area contributed by atoms with Gasteiger partial charge in [-0.2, -0.15) is 4.31 Å². The summed E-state index contributed by atoms with van der Waals surface area (Å²) in [6.45, 7) is 1.10. The number of hydrogen-bond acceptors (Lipinski definition) is 6. The van der Waals surface area contributed by atoms with E-state index in [1.165, 1.54) is 16.4 Å². The van der Waals surface area contributed by atoms with Crippen molar-refractivity contribution in [2.45, 2.75) is 36.7 Å². The lowest BCUT2D eigenvalue weighted by molar-refractivity contribution is -0.134. The van der Waals surface area contributed by atoms with Gasteiger partial charge in [0.2, 0.25) is 22.0 Å². The summed E-state index contributed by atoms with van der Waals surface area (Å²) in [5, 5.41) is 0. The van der Waals surface area contributed by atoms with Gasteiger partial charge in [0.15, 0.2) is 11.5 Å². The van der Waals surface area contributed by atoms with Crippen LogP contribution in [0.5, 0.6) is 11.5 Å².